The molecule has 1 fully saturated rings. The summed E-state index contributed by atoms with van der Waals surface area (Å²) in [6, 6.07) is 10.3. The van der Waals surface area contributed by atoms with Crippen LogP contribution in [0.15, 0.2) is 51.7 Å². The number of benzene rings is 2. The number of aromatic nitrogens is 1. The van der Waals surface area contributed by atoms with Crippen LogP contribution >= 0.6 is 34.7 Å². The average Bonchev–Trinajstić information content (AvgIpc) is 3.14. The van der Waals surface area contributed by atoms with Gasteiger partial charge in [0.2, 0.25) is 15.9 Å². The minimum atomic E-state index is -3.70. The summed E-state index contributed by atoms with van der Waals surface area (Å²) in [5, 5.41) is 0.619. The van der Waals surface area contributed by atoms with Gasteiger partial charge in [-0.15, -0.1) is 11.3 Å². The van der Waals surface area contributed by atoms with E-state index in [1.165, 1.54) is 39.5 Å². The number of carbonyl (C=O) groups is 1. The second kappa shape index (κ2) is 8.80. The van der Waals surface area contributed by atoms with Crippen LogP contribution < -0.4 is 0 Å². The first-order valence-corrected chi connectivity index (χ1v) is 12.7. The van der Waals surface area contributed by atoms with Gasteiger partial charge in [-0.25, -0.2) is 17.8 Å². The molecular formula is C19H17ClFN3O3S3. The Kier molecular flexibility index (Phi) is 6.31. The van der Waals surface area contributed by atoms with Gasteiger partial charge in [-0.1, -0.05) is 23.4 Å². The first kappa shape index (κ1) is 21.5. The van der Waals surface area contributed by atoms with E-state index in [2.05, 4.69) is 4.98 Å². The standard InChI is InChI=1S/C19H17ClFN3O3S3/c20-13-1-6-17-16(11-13)22-19(29-17)28-12-18(25)23-7-9-24(10-8-23)30(26,27)15-4-2-14(21)3-5-15/h1-6,11H,7-10,12H2. The van der Waals surface area contributed by atoms with Crippen LogP contribution in [0.3, 0.4) is 0 Å². The molecular weight excluding hydrogens is 469 g/mol. The molecule has 0 N–H and O–H groups in total. The summed E-state index contributed by atoms with van der Waals surface area (Å²) in [5.41, 5.74) is 0.807. The summed E-state index contributed by atoms with van der Waals surface area (Å²) >= 11 is 8.85. The number of amides is 1. The lowest BCUT2D eigenvalue weighted by atomic mass is 10.3. The third-order valence-corrected chi connectivity index (χ3v) is 9.00. The zero-order valence-corrected chi connectivity index (χ0v) is 18.8. The Morgan fingerprint density at radius 2 is 1.83 bits per heavy atom. The van der Waals surface area contributed by atoms with Gasteiger partial charge in [-0.05, 0) is 42.5 Å². The average molecular weight is 486 g/mol. The maximum Gasteiger partial charge on any atom is 0.243 e. The molecule has 2 heterocycles. The van der Waals surface area contributed by atoms with Gasteiger partial charge in [0.25, 0.3) is 0 Å². The molecule has 1 saturated heterocycles. The van der Waals surface area contributed by atoms with E-state index >= 15 is 0 Å². The van der Waals surface area contributed by atoms with E-state index < -0.39 is 15.8 Å². The summed E-state index contributed by atoms with van der Waals surface area (Å²) in [4.78, 5) is 18.8. The lowest BCUT2D eigenvalue weighted by molar-refractivity contribution is -0.129. The van der Waals surface area contributed by atoms with Crippen LogP contribution in [0.1, 0.15) is 0 Å². The lowest BCUT2D eigenvalue weighted by Crippen LogP contribution is -2.50. The number of sulfonamides is 1. The summed E-state index contributed by atoms with van der Waals surface area (Å²) in [6.07, 6.45) is 0. The van der Waals surface area contributed by atoms with Gasteiger partial charge in [0.15, 0.2) is 4.34 Å². The summed E-state index contributed by atoms with van der Waals surface area (Å²) in [7, 11) is -3.70. The van der Waals surface area contributed by atoms with E-state index in [9.17, 15) is 17.6 Å². The van der Waals surface area contributed by atoms with Crippen LogP contribution in [0.2, 0.25) is 5.02 Å². The highest BCUT2D eigenvalue weighted by molar-refractivity contribution is 8.01. The predicted molar refractivity (Wildman–Crippen MR) is 117 cm³/mol. The van der Waals surface area contributed by atoms with Crippen LogP contribution in [0.25, 0.3) is 10.2 Å². The minimum absolute atomic E-state index is 0.0511. The van der Waals surface area contributed by atoms with Crippen molar-refractivity contribution in [3.63, 3.8) is 0 Å². The molecule has 3 aromatic rings. The molecule has 30 heavy (non-hydrogen) atoms. The summed E-state index contributed by atoms with van der Waals surface area (Å²) in [5.74, 6) is -0.313. The van der Waals surface area contributed by atoms with Gasteiger partial charge in [0.1, 0.15) is 5.82 Å². The van der Waals surface area contributed by atoms with Crippen molar-refractivity contribution in [2.45, 2.75) is 9.24 Å². The molecule has 11 heteroatoms. The minimum Gasteiger partial charge on any atom is -0.339 e. The Morgan fingerprint density at radius 3 is 2.53 bits per heavy atom. The van der Waals surface area contributed by atoms with Crippen LogP contribution in [0.4, 0.5) is 4.39 Å². The maximum atomic E-state index is 13.1. The topological polar surface area (TPSA) is 70.6 Å². The zero-order valence-electron chi connectivity index (χ0n) is 15.6. The summed E-state index contributed by atoms with van der Waals surface area (Å²) in [6.45, 7) is 1.04. The molecule has 0 saturated carbocycles. The lowest BCUT2D eigenvalue weighted by Gasteiger charge is -2.34. The molecule has 158 valence electrons. The number of halogens is 2. The number of nitrogens with zero attached hydrogens (tertiary/aromatic N) is 3. The van der Waals surface area contributed by atoms with Crippen LogP contribution in [-0.4, -0.2) is 60.4 Å². The molecule has 6 nitrogen and oxygen atoms in total. The second-order valence-electron chi connectivity index (χ2n) is 6.62. The number of rotatable bonds is 5. The third kappa shape index (κ3) is 4.62. The zero-order chi connectivity index (χ0) is 21.3. The van der Waals surface area contributed by atoms with Gasteiger partial charge in [-0.3, -0.25) is 4.79 Å². The van der Waals surface area contributed by atoms with E-state index in [1.54, 1.807) is 17.0 Å². The normalized spacial score (nSPS) is 15.6. The fourth-order valence-corrected chi connectivity index (χ4v) is 6.63. The van der Waals surface area contributed by atoms with Crippen molar-refractivity contribution in [1.29, 1.82) is 0 Å². The smallest absolute Gasteiger partial charge is 0.243 e. The Hall–Kier alpha value is -1.72. The number of thioether (sulfide) groups is 1. The monoisotopic (exact) mass is 485 g/mol. The fraction of sp³-hybridized carbons (Fsp3) is 0.263. The van der Waals surface area contributed by atoms with E-state index in [4.69, 9.17) is 11.6 Å². The molecule has 1 aromatic heterocycles. The van der Waals surface area contributed by atoms with Crippen LogP contribution in [-0.2, 0) is 14.8 Å². The second-order valence-corrected chi connectivity index (χ2v) is 11.2. The number of carbonyl (C=O) groups excluding carboxylic acids is 1. The van der Waals surface area contributed by atoms with Crippen molar-refractivity contribution in [3.8, 4) is 0 Å². The molecule has 0 atom stereocenters. The largest absolute Gasteiger partial charge is 0.339 e. The highest BCUT2D eigenvalue weighted by Gasteiger charge is 2.30. The molecule has 2 aromatic carbocycles. The molecule has 1 aliphatic rings. The quantitative estimate of drug-likeness (QED) is 0.515. The predicted octanol–water partition coefficient (Wildman–Crippen LogP) is 3.71. The molecule has 0 aliphatic carbocycles. The molecule has 0 radical (unpaired) electrons. The van der Waals surface area contributed by atoms with E-state index in [0.717, 1.165) is 26.7 Å². The number of fused-ring (bicyclic) bond motifs is 1. The Balaban J connectivity index is 1.33. The van der Waals surface area contributed by atoms with Gasteiger partial charge < -0.3 is 4.90 Å². The van der Waals surface area contributed by atoms with Crippen LogP contribution in [0, 0.1) is 5.82 Å². The fourth-order valence-electron chi connectivity index (χ4n) is 3.09. The van der Waals surface area contributed by atoms with Crippen molar-refractivity contribution < 1.29 is 17.6 Å². The van der Waals surface area contributed by atoms with Gasteiger partial charge in [-0.2, -0.15) is 4.31 Å². The molecule has 4 rings (SSSR count). The van der Waals surface area contributed by atoms with Crippen molar-refractivity contribution in [2.24, 2.45) is 0 Å². The van der Waals surface area contributed by atoms with E-state index in [-0.39, 0.29) is 29.6 Å². The van der Waals surface area contributed by atoms with Crippen molar-refractivity contribution >= 4 is 60.8 Å². The first-order chi connectivity index (χ1) is 14.3. The summed E-state index contributed by atoms with van der Waals surface area (Å²) < 4.78 is 41.5. The maximum absolute atomic E-state index is 13.1. The molecule has 0 spiro atoms. The molecule has 0 bridgehead atoms. The number of thiazole rings is 1. The number of hydrogen-bond acceptors (Lipinski definition) is 6. The number of hydrogen-bond donors (Lipinski definition) is 0. The van der Waals surface area contributed by atoms with Gasteiger partial charge >= 0.3 is 0 Å². The third-order valence-electron chi connectivity index (χ3n) is 4.69. The van der Waals surface area contributed by atoms with Crippen molar-refractivity contribution in [3.05, 3.63) is 53.3 Å². The van der Waals surface area contributed by atoms with E-state index in [0.29, 0.717) is 18.1 Å². The Bertz CT molecular complexity index is 1180. The van der Waals surface area contributed by atoms with Crippen molar-refractivity contribution in [2.75, 3.05) is 31.9 Å². The van der Waals surface area contributed by atoms with Crippen molar-refractivity contribution in [1.82, 2.24) is 14.2 Å². The Morgan fingerprint density at radius 1 is 1.13 bits per heavy atom. The SMILES string of the molecule is O=C(CSc1nc2cc(Cl)ccc2s1)N1CCN(S(=O)(=O)c2ccc(F)cc2)CC1. The van der Waals surface area contributed by atoms with Gasteiger partial charge in [0, 0.05) is 31.2 Å². The highest BCUT2D eigenvalue weighted by Crippen LogP contribution is 2.31. The van der Waals surface area contributed by atoms with Gasteiger partial charge in [0.05, 0.1) is 20.9 Å². The molecule has 0 unspecified atom stereocenters. The van der Waals surface area contributed by atoms with E-state index in [1.807, 2.05) is 6.07 Å². The molecule has 1 amide bonds. The van der Waals surface area contributed by atoms with Crippen LogP contribution in [0.5, 0.6) is 0 Å². The highest BCUT2D eigenvalue weighted by atomic mass is 35.5. The Labute approximate surface area is 186 Å². The number of piperazine rings is 1. The first-order valence-electron chi connectivity index (χ1n) is 9.05. The molecule has 1 aliphatic heterocycles.